The van der Waals surface area contributed by atoms with Gasteiger partial charge in [0, 0.05) is 0 Å². The molecule has 2 rings (SSSR count). The molecule has 0 aromatic heterocycles. The number of anilines is 1. The zero-order valence-corrected chi connectivity index (χ0v) is 14.8. The van der Waals surface area contributed by atoms with Crippen molar-refractivity contribution in [1.82, 2.24) is 5.32 Å². The lowest BCUT2D eigenvalue weighted by Crippen LogP contribution is -2.31. The molecule has 1 unspecified atom stereocenters. The molecule has 0 amide bonds. The van der Waals surface area contributed by atoms with Crippen LogP contribution >= 0.6 is 35.4 Å². The van der Waals surface area contributed by atoms with Crippen molar-refractivity contribution >= 4 is 46.2 Å². The molecule has 2 nitrogen and oxygen atoms in total. The second kappa shape index (κ2) is 7.82. The van der Waals surface area contributed by atoms with Crippen LogP contribution in [0.1, 0.15) is 31.0 Å². The van der Waals surface area contributed by atoms with E-state index in [-0.39, 0.29) is 6.04 Å². The lowest BCUT2D eigenvalue weighted by molar-refractivity contribution is 0.722. The fourth-order valence-electron chi connectivity index (χ4n) is 2.08. The summed E-state index contributed by atoms with van der Waals surface area (Å²) in [7, 11) is 0. The molecule has 2 aromatic rings. The molecule has 0 heterocycles. The smallest absolute Gasteiger partial charge is 0.171 e. The maximum absolute atomic E-state index is 6.14. The van der Waals surface area contributed by atoms with E-state index in [4.69, 9.17) is 35.4 Å². The van der Waals surface area contributed by atoms with Crippen molar-refractivity contribution in [1.29, 1.82) is 0 Å². The first-order valence-corrected chi connectivity index (χ1v) is 8.28. The lowest BCUT2D eigenvalue weighted by atomic mass is 10.1. The van der Waals surface area contributed by atoms with E-state index >= 15 is 0 Å². The Kier molecular flexibility index (Phi) is 6.07. The number of hydrogen-bond acceptors (Lipinski definition) is 1. The van der Waals surface area contributed by atoms with E-state index < -0.39 is 0 Å². The molecule has 0 aliphatic rings. The Morgan fingerprint density at radius 3 is 2.45 bits per heavy atom. The van der Waals surface area contributed by atoms with Crippen molar-refractivity contribution in [2.75, 3.05) is 5.32 Å². The van der Waals surface area contributed by atoms with Gasteiger partial charge >= 0.3 is 0 Å². The quantitative estimate of drug-likeness (QED) is 0.699. The average molecular weight is 353 g/mol. The summed E-state index contributed by atoms with van der Waals surface area (Å²) < 4.78 is 0. The highest BCUT2D eigenvalue weighted by Gasteiger charge is 2.09. The van der Waals surface area contributed by atoms with E-state index in [0.29, 0.717) is 20.8 Å². The number of nitrogens with one attached hydrogen (secondary N) is 2. The van der Waals surface area contributed by atoms with Crippen LogP contribution in [0.25, 0.3) is 0 Å². The molecular formula is C17H18Cl2N2S. The Bertz CT molecular complexity index is 656. The standard InChI is InChI=1S/C17H18Cl2N2S/c1-3-12-7-9-13(10-8-12)11(2)20-17(22)21-15-6-4-5-14(18)16(15)19/h4-11H,3H2,1-2H3,(H2,20,21,22). The highest BCUT2D eigenvalue weighted by molar-refractivity contribution is 7.80. The van der Waals surface area contributed by atoms with Crippen LogP contribution in [-0.2, 0) is 6.42 Å². The van der Waals surface area contributed by atoms with Crippen LogP contribution in [0, 0.1) is 0 Å². The number of benzene rings is 2. The Hall–Kier alpha value is -1.29. The fourth-order valence-corrected chi connectivity index (χ4v) is 2.72. The number of hydrogen-bond donors (Lipinski definition) is 2. The number of halogens is 2. The minimum Gasteiger partial charge on any atom is -0.356 e. The summed E-state index contributed by atoms with van der Waals surface area (Å²) in [5.74, 6) is 0. The van der Waals surface area contributed by atoms with Crippen LogP contribution < -0.4 is 10.6 Å². The molecule has 0 saturated heterocycles. The van der Waals surface area contributed by atoms with Crippen LogP contribution in [0.5, 0.6) is 0 Å². The minimum atomic E-state index is 0.101. The van der Waals surface area contributed by atoms with Crippen molar-refractivity contribution in [3.05, 3.63) is 63.6 Å². The minimum absolute atomic E-state index is 0.101. The van der Waals surface area contributed by atoms with Crippen LogP contribution in [0.4, 0.5) is 5.69 Å². The Labute approximate surface area is 146 Å². The fraction of sp³-hybridized carbons (Fsp3) is 0.235. The van der Waals surface area contributed by atoms with E-state index in [1.54, 1.807) is 6.07 Å². The van der Waals surface area contributed by atoms with Gasteiger partial charge in [0.25, 0.3) is 0 Å². The first kappa shape index (κ1) is 17.1. The van der Waals surface area contributed by atoms with E-state index in [2.05, 4.69) is 48.7 Å². The molecule has 2 N–H and O–H groups in total. The third kappa shape index (κ3) is 4.35. The SMILES string of the molecule is CCc1ccc(C(C)NC(=S)Nc2cccc(Cl)c2Cl)cc1. The number of rotatable bonds is 4. The van der Waals surface area contributed by atoms with Gasteiger partial charge in [-0.05, 0) is 48.8 Å². The molecule has 2 aromatic carbocycles. The zero-order valence-electron chi connectivity index (χ0n) is 12.5. The molecule has 0 radical (unpaired) electrons. The largest absolute Gasteiger partial charge is 0.356 e. The molecule has 5 heteroatoms. The number of thiocarbonyl (C=S) groups is 1. The second-order valence-electron chi connectivity index (χ2n) is 5.02. The van der Waals surface area contributed by atoms with Crippen molar-refractivity contribution < 1.29 is 0 Å². The monoisotopic (exact) mass is 352 g/mol. The third-order valence-electron chi connectivity index (χ3n) is 3.44. The summed E-state index contributed by atoms with van der Waals surface area (Å²) in [5.41, 5.74) is 3.20. The summed E-state index contributed by atoms with van der Waals surface area (Å²) in [6.07, 6.45) is 1.04. The maximum atomic E-state index is 6.14. The van der Waals surface area contributed by atoms with Gasteiger partial charge in [0.1, 0.15) is 0 Å². The molecule has 0 bridgehead atoms. The highest BCUT2D eigenvalue weighted by Crippen LogP contribution is 2.29. The topological polar surface area (TPSA) is 24.1 Å². The van der Waals surface area contributed by atoms with Crippen LogP contribution in [0.2, 0.25) is 10.0 Å². The third-order valence-corrected chi connectivity index (χ3v) is 4.47. The van der Waals surface area contributed by atoms with Crippen molar-refractivity contribution in [2.24, 2.45) is 0 Å². The van der Waals surface area contributed by atoms with E-state index in [1.807, 2.05) is 12.1 Å². The lowest BCUT2D eigenvalue weighted by Gasteiger charge is -2.18. The summed E-state index contributed by atoms with van der Waals surface area (Å²) >= 11 is 17.5. The Morgan fingerprint density at radius 2 is 1.82 bits per heavy atom. The van der Waals surface area contributed by atoms with E-state index in [0.717, 1.165) is 6.42 Å². The normalized spacial score (nSPS) is 11.8. The van der Waals surface area contributed by atoms with Gasteiger partial charge in [0.05, 0.1) is 21.8 Å². The predicted octanol–water partition coefficient (Wildman–Crippen LogP) is 5.60. The van der Waals surface area contributed by atoms with E-state index in [9.17, 15) is 0 Å². The van der Waals surface area contributed by atoms with Gasteiger partial charge in [-0.15, -0.1) is 0 Å². The van der Waals surface area contributed by atoms with Gasteiger partial charge in [-0.1, -0.05) is 60.5 Å². The van der Waals surface area contributed by atoms with Crippen LogP contribution in [-0.4, -0.2) is 5.11 Å². The van der Waals surface area contributed by atoms with Gasteiger partial charge in [-0.25, -0.2) is 0 Å². The Balaban J connectivity index is 2.00. The molecule has 1 atom stereocenters. The van der Waals surface area contributed by atoms with Gasteiger partial charge in [0.2, 0.25) is 0 Å². The second-order valence-corrected chi connectivity index (χ2v) is 6.21. The van der Waals surface area contributed by atoms with Crippen molar-refractivity contribution in [3.63, 3.8) is 0 Å². The summed E-state index contributed by atoms with van der Waals surface area (Å²) in [5, 5.41) is 7.80. The Morgan fingerprint density at radius 1 is 1.14 bits per heavy atom. The summed E-state index contributed by atoms with van der Waals surface area (Å²) in [4.78, 5) is 0. The predicted molar refractivity (Wildman–Crippen MR) is 100 cm³/mol. The average Bonchev–Trinajstić information content (AvgIpc) is 2.52. The molecule has 0 aliphatic heterocycles. The van der Waals surface area contributed by atoms with Gasteiger partial charge < -0.3 is 10.6 Å². The summed E-state index contributed by atoms with van der Waals surface area (Å²) in [6.45, 7) is 4.21. The molecule has 0 spiro atoms. The first-order chi connectivity index (χ1) is 10.5. The van der Waals surface area contributed by atoms with Crippen LogP contribution in [0.3, 0.4) is 0 Å². The maximum Gasteiger partial charge on any atom is 0.171 e. The van der Waals surface area contributed by atoms with Gasteiger partial charge in [-0.3, -0.25) is 0 Å². The van der Waals surface area contributed by atoms with Crippen molar-refractivity contribution in [2.45, 2.75) is 26.3 Å². The van der Waals surface area contributed by atoms with Gasteiger partial charge in [0.15, 0.2) is 5.11 Å². The molecule has 0 saturated carbocycles. The van der Waals surface area contributed by atoms with Crippen LogP contribution in [0.15, 0.2) is 42.5 Å². The molecular weight excluding hydrogens is 335 g/mol. The molecule has 0 aliphatic carbocycles. The molecule has 22 heavy (non-hydrogen) atoms. The van der Waals surface area contributed by atoms with Crippen molar-refractivity contribution in [3.8, 4) is 0 Å². The highest BCUT2D eigenvalue weighted by atomic mass is 35.5. The summed E-state index contributed by atoms with van der Waals surface area (Å²) in [6, 6.07) is 14.0. The zero-order chi connectivity index (χ0) is 16.1. The first-order valence-electron chi connectivity index (χ1n) is 7.11. The van der Waals surface area contributed by atoms with Gasteiger partial charge in [-0.2, -0.15) is 0 Å². The van der Waals surface area contributed by atoms with E-state index in [1.165, 1.54) is 11.1 Å². The molecule has 0 fully saturated rings. The number of aryl methyl sites for hydroxylation is 1. The molecule has 116 valence electrons.